The smallest absolute Gasteiger partial charge is 0.232 e. The van der Waals surface area contributed by atoms with Crippen molar-refractivity contribution in [3.8, 4) is 0 Å². The summed E-state index contributed by atoms with van der Waals surface area (Å²) in [5, 5.41) is 4.53. The van der Waals surface area contributed by atoms with Gasteiger partial charge in [0.15, 0.2) is 0 Å². The van der Waals surface area contributed by atoms with Gasteiger partial charge in [0, 0.05) is 17.2 Å². The Morgan fingerprint density at radius 2 is 1.56 bits per heavy atom. The predicted molar refractivity (Wildman–Crippen MR) is 76.5 cm³/mol. The molecule has 3 nitrogen and oxygen atoms in total. The topological polar surface area (TPSA) is 41.4 Å². The van der Waals surface area contributed by atoms with E-state index < -0.39 is 0 Å². The third-order valence-electron chi connectivity index (χ3n) is 2.35. The molecule has 18 heavy (non-hydrogen) atoms. The van der Waals surface area contributed by atoms with Crippen molar-refractivity contribution in [2.75, 3.05) is 6.54 Å². The minimum atomic E-state index is 0.415. The van der Waals surface area contributed by atoms with E-state index in [4.69, 9.17) is 18.0 Å². The van der Waals surface area contributed by atoms with Crippen LogP contribution in [0.15, 0.2) is 65.8 Å². The first-order valence-corrected chi connectivity index (χ1v) is 6.04. The summed E-state index contributed by atoms with van der Waals surface area (Å²) in [6, 6.07) is 19.6. The molecule has 0 heterocycles. The molecule has 4 heteroatoms. The van der Waals surface area contributed by atoms with Gasteiger partial charge in [-0.25, -0.2) is 0 Å². The van der Waals surface area contributed by atoms with E-state index in [2.05, 4.69) is 5.11 Å². The average Bonchev–Trinajstić information content (AvgIpc) is 2.40. The molecule has 2 aromatic rings. The molecule has 0 aliphatic carbocycles. The number of azo groups is 2. The maximum Gasteiger partial charge on any atom is 0.232 e. The highest BCUT2D eigenvalue weighted by Gasteiger charge is 2.12. The highest BCUT2D eigenvalue weighted by Crippen LogP contribution is 2.17. The fourth-order valence-corrected chi connectivity index (χ4v) is 1.69. The number of rotatable bonds is 4. The van der Waals surface area contributed by atoms with Crippen LogP contribution in [0.25, 0.3) is 0 Å². The lowest BCUT2D eigenvalue weighted by atomic mass is 10.3. The van der Waals surface area contributed by atoms with Crippen molar-refractivity contribution in [2.24, 2.45) is 10.8 Å². The Hall–Kier alpha value is -2.07. The predicted octanol–water partition coefficient (Wildman–Crippen LogP) is 3.40. The molecule has 0 atom stereocenters. The second-order valence-electron chi connectivity index (χ2n) is 3.80. The Morgan fingerprint density at radius 3 is 2.11 bits per heavy atom. The van der Waals surface area contributed by atoms with Crippen LogP contribution in [-0.4, -0.2) is 16.2 Å². The summed E-state index contributed by atoms with van der Waals surface area (Å²) in [5.41, 5.74) is 7.45. The van der Waals surface area contributed by atoms with Crippen molar-refractivity contribution >= 4 is 28.6 Å². The molecule has 0 aliphatic rings. The van der Waals surface area contributed by atoms with Crippen LogP contribution in [0.3, 0.4) is 0 Å². The van der Waals surface area contributed by atoms with E-state index in [-0.39, 0.29) is 0 Å². The SMILES string of the molecule is NC(=S)C[N+](=Nc1ccccc1)c1ccccc1. The molecular formula is C14H14N3S+. The second kappa shape index (κ2) is 6.02. The molecule has 0 aromatic heterocycles. The Labute approximate surface area is 112 Å². The van der Waals surface area contributed by atoms with E-state index in [9.17, 15) is 0 Å². The van der Waals surface area contributed by atoms with Gasteiger partial charge in [-0.1, -0.05) is 53.3 Å². The van der Waals surface area contributed by atoms with Crippen molar-refractivity contribution < 1.29 is 4.70 Å². The van der Waals surface area contributed by atoms with E-state index >= 15 is 0 Å². The zero-order chi connectivity index (χ0) is 12.8. The van der Waals surface area contributed by atoms with Crippen molar-refractivity contribution in [3.63, 3.8) is 0 Å². The van der Waals surface area contributed by atoms with E-state index in [1.54, 1.807) is 4.70 Å². The number of nitrogens with zero attached hydrogens (tertiary/aromatic N) is 2. The Bertz CT molecular complexity index is 550. The van der Waals surface area contributed by atoms with E-state index in [0.717, 1.165) is 11.4 Å². The van der Waals surface area contributed by atoms with Gasteiger partial charge in [0.25, 0.3) is 0 Å². The van der Waals surface area contributed by atoms with Crippen LogP contribution in [0.2, 0.25) is 0 Å². The van der Waals surface area contributed by atoms with Gasteiger partial charge in [-0.15, -0.1) is 0 Å². The summed E-state index contributed by atoms with van der Waals surface area (Å²) in [5.74, 6) is 0. The van der Waals surface area contributed by atoms with E-state index in [1.165, 1.54) is 0 Å². The summed E-state index contributed by atoms with van der Waals surface area (Å²) >= 11 is 4.96. The molecule has 0 unspecified atom stereocenters. The number of thiocarbonyl (C=S) groups is 1. The fourth-order valence-electron chi connectivity index (χ4n) is 1.57. The lowest BCUT2D eigenvalue weighted by molar-refractivity contribution is -0.492. The molecule has 2 aromatic carbocycles. The molecular weight excluding hydrogens is 242 g/mol. The molecule has 0 spiro atoms. The van der Waals surface area contributed by atoms with Gasteiger partial charge in [0.1, 0.15) is 10.7 Å². The number of benzene rings is 2. The Morgan fingerprint density at radius 1 is 1.00 bits per heavy atom. The second-order valence-corrected chi connectivity index (χ2v) is 4.32. The van der Waals surface area contributed by atoms with Crippen LogP contribution in [0.4, 0.5) is 11.4 Å². The molecule has 0 bridgehead atoms. The highest BCUT2D eigenvalue weighted by molar-refractivity contribution is 7.80. The number of para-hydroxylation sites is 1. The first kappa shape index (κ1) is 12.4. The van der Waals surface area contributed by atoms with E-state index in [0.29, 0.717) is 11.5 Å². The highest BCUT2D eigenvalue weighted by atomic mass is 32.1. The molecule has 0 amide bonds. The average molecular weight is 256 g/mol. The van der Waals surface area contributed by atoms with Crippen molar-refractivity contribution in [1.29, 1.82) is 0 Å². The van der Waals surface area contributed by atoms with Gasteiger partial charge in [0.05, 0.1) is 0 Å². The summed E-state index contributed by atoms with van der Waals surface area (Å²) in [4.78, 5) is 0.415. The zero-order valence-electron chi connectivity index (χ0n) is 9.86. The van der Waals surface area contributed by atoms with Crippen molar-refractivity contribution in [2.45, 2.75) is 0 Å². The molecule has 0 saturated heterocycles. The lowest BCUT2D eigenvalue weighted by Crippen LogP contribution is -2.21. The maximum atomic E-state index is 5.61. The largest absolute Gasteiger partial charge is 0.388 e. The van der Waals surface area contributed by atoms with Gasteiger partial charge in [-0.2, -0.15) is 0 Å². The summed E-state index contributed by atoms with van der Waals surface area (Å²) in [6.07, 6.45) is 0. The maximum absolute atomic E-state index is 5.61. The molecule has 2 N–H and O–H groups in total. The van der Waals surface area contributed by atoms with Gasteiger partial charge < -0.3 is 5.73 Å². The minimum Gasteiger partial charge on any atom is -0.388 e. The molecule has 2 rings (SSSR count). The van der Waals surface area contributed by atoms with Gasteiger partial charge in [-0.3, -0.25) is 0 Å². The van der Waals surface area contributed by atoms with Crippen molar-refractivity contribution in [1.82, 2.24) is 0 Å². The first-order chi connectivity index (χ1) is 8.75. The van der Waals surface area contributed by atoms with E-state index in [1.807, 2.05) is 60.7 Å². The third-order valence-corrected chi connectivity index (χ3v) is 2.48. The summed E-state index contributed by atoms with van der Waals surface area (Å²) < 4.78 is 1.80. The number of hydrogen-bond donors (Lipinski definition) is 1. The fraction of sp³-hybridized carbons (Fsp3) is 0.0714. The van der Waals surface area contributed by atoms with Crippen LogP contribution in [0, 0.1) is 0 Å². The lowest BCUT2D eigenvalue weighted by Gasteiger charge is -1.99. The number of nitrogens with two attached hydrogens (primary N) is 1. The van der Waals surface area contributed by atoms with Gasteiger partial charge >= 0.3 is 0 Å². The standard InChI is InChI=1S/C14H13N3S/c15-14(18)11-17(13-9-5-2-6-10-13)16-12-7-3-1-4-8-12/h1-10H,11H2,(H-,15,18)/p+1. The van der Waals surface area contributed by atoms with Crippen molar-refractivity contribution in [3.05, 3.63) is 60.7 Å². The molecule has 0 saturated carbocycles. The zero-order valence-corrected chi connectivity index (χ0v) is 10.7. The Balaban J connectivity index is 2.37. The van der Waals surface area contributed by atoms with Crippen LogP contribution in [0.5, 0.6) is 0 Å². The monoisotopic (exact) mass is 256 g/mol. The minimum absolute atomic E-state index is 0.415. The molecule has 0 aliphatic heterocycles. The molecule has 0 radical (unpaired) electrons. The normalized spacial score (nSPS) is 11.2. The van der Waals surface area contributed by atoms with Crippen LogP contribution < -0.4 is 5.73 Å². The van der Waals surface area contributed by atoms with Gasteiger partial charge in [-0.05, 0) is 12.1 Å². The van der Waals surface area contributed by atoms with Crippen LogP contribution >= 0.6 is 12.2 Å². The summed E-state index contributed by atoms with van der Waals surface area (Å²) in [6.45, 7) is 0.425. The van der Waals surface area contributed by atoms with Crippen LogP contribution in [-0.2, 0) is 0 Å². The van der Waals surface area contributed by atoms with Gasteiger partial charge in [0.2, 0.25) is 12.2 Å². The Kier molecular flexibility index (Phi) is 4.15. The van der Waals surface area contributed by atoms with Crippen LogP contribution in [0.1, 0.15) is 0 Å². The first-order valence-electron chi connectivity index (χ1n) is 5.63. The molecule has 90 valence electrons. The quantitative estimate of drug-likeness (QED) is 0.517. The summed E-state index contributed by atoms with van der Waals surface area (Å²) in [7, 11) is 0. The number of hydrogen-bond acceptors (Lipinski definition) is 2. The molecule has 0 fully saturated rings. The third kappa shape index (κ3) is 3.46.